The number of ether oxygens (including phenoxy) is 1. The highest BCUT2D eigenvalue weighted by Gasteiger charge is 2.44. The summed E-state index contributed by atoms with van der Waals surface area (Å²) < 4.78 is 6.65. The lowest BCUT2D eigenvalue weighted by molar-refractivity contribution is -0.143. The van der Waals surface area contributed by atoms with Gasteiger partial charge in [-0.25, -0.2) is 9.48 Å². The Balaban J connectivity index is 1.84. The molecule has 9 heteroatoms. The maximum Gasteiger partial charge on any atom is 0.330 e. The predicted molar refractivity (Wildman–Crippen MR) is 92.4 cm³/mol. The first-order chi connectivity index (χ1) is 12.0. The summed E-state index contributed by atoms with van der Waals surface area (Å²) >= 11 is 1.51. The lowest BCUT2D eigenvalue weighted by atomic mass is 9.99. The molecule has 1 saturated heterocycles. The number of carboxylic acids is 1. The van der Waals surface area contributed by atoms with E-state index in [2.05, 4.69) is 15.6 Å². The van der Waals surface area contributed by atoms with Crippen LogP contribution in [0, 0.1) is 6.92 Å². The Bertz CT molecular complexity index is 797. The van der Waals surface area contributed by atoms with E-state index in [1.165, 1.54) is 16.4 Å². The van der Waals surface area contributed by atoms with Gasteiger partial charge in [-0.3, -0.25) is 4.79 Å². The second kappa shape index (κ2) is 6.75. The molecule has 1 atom stereocenters. The number of carboxylic acid groups (broad SMARTS) is 1. The van der Waals surface area contributed by atoms with Gasteiger partial charge in [-0.15, -0.1) is 5.10 Å². The maximum atomic E-state index is 12.6. The molecule has 1 unspecified atom stereocenters. The summed E-state index contributed by atoms with van der Waals surface area (Å²) in [4.78, 5) is 24.1. The molecule has 0 saturated carbocycles. The molecule has 1 aliphatic heterocycles. The number of aliphatic carboxylic acids is 1. The quantitative estimate of drug-likeness (QED) is 0.825. The molecule has 1 aromatic carbocycles. The molecule has 1 aromatic heterocycles. The third-order valence-electron chi connectivity index (χ3n) is 4.21. The normalized spacial score (nSPS) is 19.6. The summed E-state index contributed by atoms with van der Waals surface area (Å²) in [6, 6.07) is 7.17. The van der Waals surface area contributed by atoms with Crippen molar-refractivity contribution >= 4 is 23.6 Å². The molecule has 2 N–H and O–H groups in total. The van der Waals surface area contributed by atoms with Crippen LogP contribution in [0.5, 0.6) is 5.75 Å². The van der Waals surface area contributed by atoms with Crippen molar-refractivity contribution in [2.75, 3.05) is 18.6 Å². The van der Waals surface area contributed by atoms with Crippen LogP contribution in [-0.2, 0) is 4.79 Å². The number of hydrogen-bond donors (Lipinski definition) is 2. The number of hydrogen-bond acceptors (Lipinski definition) is 6. The summed E-state index contributed by atoms with van der Waals surface area (Å²) in [5.41, 5.74) is 0.148. The van der Waals surface area contributed by atoms with E-state index in [0.29, 0.717) is 29.4 Å². The van der Waals surface area contributed by atoms with Gasteiger partial charge in [0.2, 0.25) is 0 Å². The smallest absolute Gasteiger partial charge is 0.330 e. The fourth-order valence-electron chi connectivity index (χ4n) is 2.67. The van der Waals surface area contributed by atoms with E-state index < -0.39 is 17.4 Å². The molecule has 1 aliphatic rings. The Morgan fingerprint density at radius 3 is 2.64 bits per heavy atom. The SMILES string of the molecule is COc1ccc(-n2nnc(C(=O)NC3(C(=O)O)CCSC3)c2C)cc1. The molecule has 2 aromatic rings. The van der Waals surface area contributed by atoms with Crippen LogP contribution < -0.4 is 10.1 Å². The number of nitrogens with zero attached hydrogens (tertiary/aromatic N) is 3. The van der Waals surface area contributed by atoms with Crippen LogP contribution in [0.3, 0.4) is 0 Å². The zero-order valence-corrected chi connectivity index (χ0v) is 14.7. The van der Waals surface area contributed by atoms with Crippen molar-refractivity contribution in [2.24, 2.45) is 0 Å². The minimum Gasteiger partial charge on any atom is -0.497 e. The minimum atomic E-state index is -1.24. The molecule has 0 aliphatic carbocycles. The second-order valence-corrected chi connectivity index (χ2v) is 6.88. The van der Waals surface area contributed by atoms with Gasteiger partial charge in [-0.05, 0) is 43.4 Å². The summed E-state index contributed by atoms with van der Waals surface area (Å²) in [5, 5.41) is 20.1. The van der Waals surface area contributed by atoms with Crippen LogP contribution in [0.2, 0.25) is 0 Å². The maximum absolute atomic E-state index is 12.6. The first-order valence-electron chi connectivity index (χ1n) is 7.67. The van der Waals surface area contributed by atoms with Crippen molar-refractivity contribution in [1.29, 1.82) is 0 Å². The molecule has 3 rings (SSSR count). The van der Waals surface area contributed by atoms with Gasteiger partial charge < -0.3 is 15.2 Å². The monoisotopic (exact) mass is 362 g/mol. The zero-order valence-electron chi connectivity index (χ0n) is 13.9. The third-order valence-corrected chi connectivity index (χ3v) is 5.40. The van der Waals surface area contributed by atoms with Crippen LogP contribution in [0.25, 0.3) is 5.69 Å². The average Bonchev–Trinajstić information content (AvgIpc) is 3.22. The molecule has 0 radical (unpaired) electrons. The largest absolute Gasteiger partial charge is 0.497 e. The van der Waals surface area contributed by atoms with Crippen LogP contribution in [-0.4, -0.2) is 56.1 Å². The summed E-state index contributed by atoms with van der Waals surface area (Å²) in [6.07, 6.45) is 0.393. The van der Waals surface area contributed by atoms with Crippen LogP contribution in [0.15, 0.2) is 24.3 Å². The number of thioether (sulfide) groups is 1. The molecule has 2 heterocycles. The van der Waals surface area contributed by atoms with Gasteiger partial charge >= 0.3 is 5.97 Å². The van der Waals surface area contributed by atoms with Crippen molar-refractivity contribution < 1.29 is 19.4 Å². The predicted octanol–water partition coefficient (Wildman–Crippen LogP) is 1.27. The highest BCUT2D eigenvalue weighted by Crippen LogP contribution is 2.28. The second-order valence-electron chi connectivity index (χ2n) is 5.78. The van der Waals surface area contributed by atoms with Gasteiger partial charge in [-0.1, -0.05) is 5.21 Å². The van der Waals surface area contributed by atoms with Gasteiger partial charge in [-0.2, -0.15) is 11.8 Å². The van der Waals surface area contributed by atoms with E-state index in [1.807, 2.05) is 0 Å². The highest BCUT2D eigenvalue weighted by atomic mass is 32.2. The van der Waals surface area contributed by atoms with Gasteiger partial charge in [0.1, 0.15) is 11.3 Å². The van der Waals surface area contributed by atoms with E-state index in [4.69, 9.17) is 4.74 Å². The molecule has 8 nitrogen and oxygen atoms in total. The number of methoxy groups -OCH3 is 1. The van der Waals surface area contributed by atoms with E-state index in [1.54, 1.807) is 38.3 Å². The van der Waals surface area contributed by atoms with Gasteiger partial charge in [0.05, 0.1) is 18.5 Å². The van der Waals surface area contributed by atoms with Crippen molar-refractivity contribution in [3.8, 4) is 11.4 Å². The van der Waals surface area contributed by atoms with Crippen LogP contribution in [0.4, 0.5) is 0 Å². The van der Waals surface area contributed by atoms with Crippen molar-refractivity contribution in [1.82, 2.24) is 20.3 Å². The highest BCUT2D eigenvalue weighted by molar-refractivity contribution is 7.99. The van der Waals surface area contributed by atoms with Crippen molar-refractivity contribution in [3.63, 3.8) is 0 Å². The lowest BCUT2D eigenvalue weighted by Gasteiger charge is -2.24. The number of nitrogens with one attached hydrogen (secondary N) is 1. The number of benzene rings is 1. The fraction of sp³-hybridized carbons (Fsp3) is 0.375. The van der Waals surface area contributed by atoms with Crippen LogP contribution >= 0.6 is 11.8 Å². The zero-order chi connectivity index (χ0) is 18.0. The summed E-state index contributed by atoms with van der Waals surface area (Å²) in [6.45, 7) is 1.72. The topological polar surface area (TPSA) is 106 Å². The average molecular weight is 362 g/mol. The minimum absolute atomic E-state index is 0.119. The molecule has 0 spiro atoms. The number of rotatable bonds is 5. The van der Waals surface area contributed by atoms with E-state index >= 15 is 0 Å². The Morgan fingerprint density at radius 1 is 1.36 bits per heavy atom. The first kappa shape index (κ1) is 17.3. The molecular formula is C16H18N4O4S. The molecule has 25 heavy (non-hydrogen) atoms. The lowest BCUT2D eigenvalue weighted by Crippen LogP contribution is -2.55. The first-order valence-corrected chi connectivity index (χ1v) is 8.83. The number of amides is 1. The Hall–Kier alpha value is -2.55. The van der Waals surface area contributed by atoms with Gasteiger partial charge in [0.25, 0.3) is 5.91 Å². The summed E-state index contributed by atoms with van der Waals surface area (Å²) in [5.74, 6) is 0.207. The molecule has 1 amide bonds. The summed E-state index contributed by atoms with van der Waals surface area (Å²) in [7, 11) is 1.58. The number of carbonyl (C=O) groups is 2. The molecular weight excluding hydrogens is 344 g/mol. The Labute approximate surface area is 148 Å². The van der Waals surface area contributed by atoms with E-state index in [0.717, 1.165) is 5.69 Å². The molecule has 1 fully saturated rings. The number of carbonyl (C=O) groups excluding carboxylic acids is 1. The van der Waals surface area contributed by atoms with Gasteiger partial charge in [0.15, 0.2) is 5.69 Å². The van der Waals surface area contributed by atoms with Gasteiger partial charge in [0, 0.05) is 5.75 Å². The Morgan fingerprint density at radius 2 is 2.08 bits per heavy atom. The van der Waals surface area contributed by atoms with Crippen molar-refractivity contribution in [2.45, 2.75) is 18.9 Å². The fourth-order valence-corrected chi connectivity index (χ4v) is 4.00. The Kier molecular flexibility index (Phi) is 4.67. The molecule has 132 valence electrons. The van der Waals surface area contributed by atoms with E-state index in [9.17, 15) is 14.7 Å². The van der Waals surface area contributed by atoms with Crippen LogP contribution in [0.1, 0.15) is 22.6 Å². The van der Waals surface area contributed by atoms with E-state index in [-0.39, 0.29) is 5.69 Å². The van der Waals surface area contributed by atoms with Crippen molar-refractivity contribution in [3.05, 3.63) is 35.7 Å². The number of aromatic nitrogens is 3. The molecule has 0 bridgehead atoms. The third kappa shape index (κ3) is 3.19. The standard InChI is InChI=1S/C16H18N4O4S/c1-10-13(14(21)17-16(15(22)23)7-8-25-9-16)18-19-20(10)11-3-5-12(24-2)6-4-11/h3-6H,7-9H2,1-2H3,(H,17,21)(H,22,23).